The third kappa shape index (κ3) is 5.23. The van der Waals surface area contributed by atoms with E-state index in [2.05, 4.69) is 25.4 Å². The first-order valence-corrected chi connectivity index (χ1v) is 9.09. The van der Waals surface area contributed by atoms with E-state index in [1.165, 1.54) is 24.5 Å². The number of nitrogens with zero attached hydrogens (tertiary/aromatic N) is 3. The number of aromatic nitrogens is 2. The molecule has 8 heteroatoms. The second-order valence-corrected chi connectivity index (χ2v) is 6.51. The minimum atomic E-state index is -0.476. The molecule has 0 aliphatic heterocycles. The number of carbonyl (C=O) groups is 2. The van der Waals surface area contributed by atoms with Gasteiger partial charge in [-0.3, -0.25) is 9.59 Å². The average Bonchev–Trinajstić information content (AvgIpc) is 2.78. The van der Waals surface area contributed by atoms with Gasteiger partial charge in [0.05, 0.1) is 12.5 Å². The Morgan fingerprint density at radius 2 is 1.80 bits per heavy atom. The van der Waals surface area contributed by atoms with Gasteiger partial charge in [0, 0.05) is 12.6 Å². The smallest absolute Gasteiger partial charge is 0.270 e. The lowest BCUT2D eigenvalue weighted by molar-refractivity contribution is -0.117. The van der Waals surface area contributed by atoms with E-state index in [4.69, 9.17) is 6.57 Å². The fraction of sp³-hybridized carbons (Fsp3) is 0.136. The molecule has 1 aromatic heterocycles. The van der Waals surface area contributed by atoms with Crippen molar-refractivity contribution in [1.29, 1.82) is 0 Å². The van der Waals surface area contributed by atoms with Crippen molar-refractivity contribution in [3.05, 3.63) is 95.0 Å². The molecule has 3 rings (SSSR count). The van der Waals surface area contributed by atoms with Crippen LogP contribution < -0.4 is 10.6 Å². The third-order valence-electron chi connectivity index (χ3n) is 4.43. The maximum atomic E-state index is 12.9. The highest BCUT2D eigenvalue weighted by atomic mass is 19.1. The molecule has 0 aliphatic carbocycles. The van der Waals surface area contributed by atoms with Gasteiger partial charge in [-0.2, -0.15) is 0 Å². The quantitative estimate of drug-likeness (QED) is 0.612. The fourth-order valence-electron chi connectivity index (χ4n) is 2.65. The van der Waals surface area contributed by atoms with E-state index >= 15 is 0 Å². The van der Waals surface area contributed by atoms with Gasteiger partial charge in [0.2, 0.25) is 5.91 Å². The van der Waals surface area contributed by atoms with Crippen LogP contribution in [-0.2, 0) is 11.3 Å². The Labute approximate surface area is 172 Å². The van der Waals surface area contributed by atoms with Gasteiger partial charge in [-0.15, -0.1) is 0 Å². The van der Waals surface area contributed by atoms with Gasteiger partial charge in [0.25, 0.3) is 5.91 Å². The van der Waals surface area contributed by atoms with E-state index < -0.39 is 11.8 Å². The van der Waals surface area contributed by atoms with Gasteiger partial charge >= 0.3 is 0 Å². The number of nitrogens with one attached hydrogen (secondary N) is 2. The zero-order valence-electron chi connectivity index (χ0n) is 16.1. The molecule has 30 heavy (non-hydrogen) atoms. The molecule has 7 nitrogen and oxygen atoms in total. The lowest BCUT2D eigenvalue weighted by Gasteiger charge is -2.12. The summed E-state index contributed by atoms with van der Waals surface area (Å²) in [7, 11) is 0. The van der Waals surface area contributed by atoms with Crippen molar-refractivity contribution in [2.75, 3.05) is 5.32 Å². The number of halogens is 1. The summed E-state index contributed by atoms with van der Waals surface area (Å²) >= 11 is 0. The molecule has 1 atom stereocenters. The first kappa shape index (κ1) is 20.6. The highest BCUT2D eigenvalue weighted by Gasteiger charge is 2.17. The molecule has 0 fully saturated rings. The first-order chi connectivity index (χ1) is 14.5. The maximum absolute atomic E-state index is 12.9. The molecule has 150 valence electrons. The van der Waals surface area contributed by atoms with Crippen LogP contribution in [0.2, 0.25) is 0 Å². The van der Waals surface area contributed by atoms with Crippen molar-refractivity contribution in [1.82, 2.24) is 15.3 Å². The number of hydrogen-bond donors (Lipinski definition) is 2. The molecule has 2 N–H and O–H groups in total. The van der Waals surface area contributed by atoms with Crippen molar-refractivity contribution in [3.8, 4) is 0 Å². The standard InChI is InChI=1S/C22H18FN5O2/c1-14(16-5-9-18(24-2)10-6-16)21(29)28-20-11-19(26-13-27-20)22(30)25-12-15-3-7-17(23)8-4-15/h3-11,13-14H,12H2,1H3,(H,25,30)(H,26,27,28,29). The van der Waals surface area contributed by atoms with Gasteiger partial charge < -0.3 is 10.6 Å². The van der Waals surface area contributed by atoms with E-state index in [9.17, 15) is 14.0 Å². The van der Waals surface area contributed by atoms with Crippen LogP contribution in [0.25, 0.3) is 4.85 Å². The molecule has 0 saturated heterocycles. The van der Waals surface area contributed by atoms with Crippen LogP contribution in [0, 0.1) is 12.4 Å². The molecule has 3 aromatic rings. The van der Waals surface area contributed by atoms with Crippen LogP contribution >= 0.6 is 0 Å². The summed E-state index contributed by atoms with van der Waals surface area (Å²) in [6, 6.07) is 13.9. The number of benzene rings is 2. The van der Waals surface area contributed by atoms with Crippen molar-refractivity contribution >= 4 is 23.3 Å². The van der Waals surface area contributed by atoms with Crippen molar-refractivity contribution < 1.29 is 14.0 Å². The highest BCUT2D eigenvalue weighted by Crippen LogP contribution is 2.21. The van der Waals surface area contributed by atoms with E-state index in [1.807, 2.05) is 0 Å². The summed E-state index contributed by atoms with van der Waals surface area (Å²) in [5, 5.41) is 5.36. The van der Waals surface area contributed by atoms with Crippen LogP contribution in [-0.4, -0.2) is 21.8 Å². The van der Waals surface area contributed by atoms with Crippen LogP contribution in [0.3, 0.4) is 0 Å². The van der Waals surface area contributed by atoms with Crippen LogP contribution in [0.4, 0.5) is 15.9 Å². The summed E-state index contributed by atoms with van der Waals surface area (Å²) in [6.45, 7) is 8.93. The molecule has 1 unspecified atom stereocenters. The van der Waals surface area contributed by atoms with Gasteiger partial charge in [0.15, 0.2) is 5.69 Å². The minimum Gasteiger partial charge on any atom is -0.347 e. The number of rotatable bonds is 6. The molecule has 0 spiro atoms. The van der Waals surface area contributed by atoms with Crippen molar-refractivity contribution in [2.24, 2.45) is 0 Å². The third-order valence-corrected chi connectivity index (χ3v) is 4.43. The largest absolute Gasteiger partial charge is 0.347 e. The molecule has 1 heterocycles. The monoisotopic (exact) mass is 403 g/mol. The van der Waals surface area contributed by atoms with E-state index in [1.54, 1.807) is 43.3 Å². The summed E-state index contributed by atoms with van der Waals surface area (Å²) in [6.07, 6.45) is 1.19. The van der Waals surface area contributed by atoms with Crippen LogP contribution in [0.15, 0.2) is 60.9 Å². The predicted octanol–water partition coefficient (Wildman–Crippen LogP) is 3.84. The summed E-state index contributed by atoms with van der Waals surface area (Å²) < 4.78 is 12.9. The Morgan fingerprint density at radius 3 is 2.47 bits per heavy atom. The zero-order valence-corrected chi connectivity index (χ0v) is 16.1. The van der Waals surface area contributed by atoms with Gasteiger partial charge in [0.1, 0.15) is 23.7 Å². The van der Waals surface area contributed by atoms with E-state index in [-0.39, 0.29) is 29.8 Å². The van der Waals surface area contributed by atoms with Crippen molar-refractivity contribution in [2.45, 2.75) is 19.4 Å². The number of hydrogen-bond acceptors (Lipinski definition) is 4. The van der Waals surface area contributed by atoms with Crippen LogP contribution in [0.1, 0.15) is 34.5 Å². The Kier molecular flexibility index (Phi) is 6.45. The Hall–Kier alpha value is -4.12. The van der Waals surface area contributed by atoms with Gasteiger partial charge in [-0.05, 0) is 30.2 Å². The fourth-order valence-corrected chi connectivity index (χ4v) is 2.65. The topological polar surface area (TPSA) is 88.3 Å². The second kappa shape index (κ2) is 9.39. The SMILES string of the molecule is [C-]#[N+]c1ccc(C(C)C(=O)Nc2cc(C(=O)NCc3ccc(F)cc3)ncn2)cc1. The number of anilines is 1. The Bertz CT molecular complexity index is 1090. The lowest BCUT2D eigenvalue weighted by Crippen LogP contribution is -2.25. The first-order valence-electron chi connectivity index (χ1n) is 9.09. The van der Waals surface area contributed by atoms with Gasteiger partial charge in [-0.1, -0.05) is 36.4 Å². The van der Waals surface area contributed by atoms with Gasteiger partial charge in [-0.25, -0.2) is 19.2 Å². The predicted molar refractivity (Wildman–Crippen MR) is 109 cm³/mol. The molecular weight excluding hydrogens is 385 g/mol. The molecule has 0 aliphatic rings. The summed E-state index contributed by atoms with van der Waals surface area (Å²) in [4.78, 5) is 36.1. The minimum absolute atomic E-state index is 0.0940. The lowest BCUT2D eigenvalue weighted by atomic mass is 10.00. The number of amides is 2. The van der Waals surface area contributed by atoms with E-state index in [0.29, 0.717) is 5.69 Å². The molecule has 2 amide bonds. The Morgan fingerprint density at radius 1 is 1.10 bits per heavy atom. The van der Waals surface area contributed by atoms with Crippen LogP contribution in [0.5, 0.6) is 0 Å². The molecule has 0 bridgehead atoms. The summed E-state index contributed by atoms with van der Waals surface area (Å²) in [5.41, 5.74) is 2.09. The number of carbonyl (C=O) groups excluding carboxylic acids is 2. The average molecular weight is 403 g/mol. The summed E-state index contributed by atoms with van der Waals surface area (Å²) in [5.74, 6) is -1.37. The molecule has 0 saturated carbocycles. The second-order valence-electron chi connectivity index (χ2n) is 6.51. The Balaban J connectivity index is 1.62. The van der Waals surface area contributed by atoms with E-state index in [0.717, 1.165) is 11.1 Å². The normalized spacial score (nSPS) is 11.2. The highest BCUT2D eigenvalue weighted by molar-refractivity contribution is 5.97. The molecule has 2 aromatic carbocycles. The molecule has 0 radical (unpaired) electrons. The molecular formula is C22H18FN5O2. The van der Waals surface area contributed by atoms with Crippen molar-refractivity contribution in [3.63, 3.8) is 0 Å². The zero-order chi connectivity index (χ0) is 21.5. The maximum Gasteiger partial charge on any atom is 0.270 e.